The van der Waals surface area contributed by atoms with Crippen molar-refractivity contribution >= 4 is 50.1 Å². The average molecular weight is 422 g/mol. The Balaban J connectivity index is 1.63. The van der Waals surface area contributed by atoms with Crippen molar-refractivity contribution in [3.8, 4) is 0 Å². The lowest BCUT2D eigenvalue weighted by molar-refractivity contribution is 0.547. The van der Waals surface area contributed by atoms with Crippen molar-refractivity contribution in [2.75, 3.05) is 29.4 Å². The summed E-state index contributed by atoms with van der Waals surface area (Å²) in [6.07, 6.45) is 1.58. The molecule has 1 aliphatic heterocycles. The Morgan fingerprint density at radius 2 is 2.12 bits per heavy atom. The summed E-state index contributed by atoms with van der Waals surface area (Å²) in [5.41, 5.74) is 3.20. The van der Waals surface area contributed by atoms with Gasteiger partial charge in [0, 0.05) is 36.4 Å². The molecule has 6 nitrogen and oxygen atoms in total. The molecule has 8 heteroatoms. The topological polar surface area (TPSA) is 60.9 Å². The van der Waals surface area contributed by atoms with Crippen LogP contribution in [0.5, 0.6) is 0 Å². The number of aromatic amines is 1. The van der Waals surface area contributed by atoms with Crippen LogP contribution in [-0.2, 0) is 0 Å². The van der Waals surface area contributed by atoms with Crippen molar-refractivity contribution in [2.45, 2.75) is 19.9 Å². The van der Waals surface area contributed by atoms with Crippen LogP contribution in [0.2, 0.25) is 5.02 Å². The van der Waals surface area contributed by atoms with Crippen LogP contribution in [0, 0.1) is 6.92 Å². The predicted molar refractivity (Wildman–Crippen MR) is 105 cm³/mol. The molecule has 0 saturated carbocycles. The zero-order valence-corrected chi connectivity index (χ0v) is 16.3. The number of aromatic nitrogens is 4. The number of H-pyrrole nitrogens is 1. The van der Waals surface area contributed by atoms with Crippen LogP contribution in [0.3, 0.4) is 0 Å². The third-order valence-electron chi connectivity index (χ3n) is 4.70. The van der Waals surface area contributed by atoms with Crippen molar-refractivity contribution in [1.29, 1.82) is 0 Å². The zero-order valence-electron chi connectivity index (χ0n) is 14.0. The lowest BCUT2D eigenvalue weighted by atomic mass is 10.1. The average Bonchev–Trinajstić information content (AvgIpc) is 2.99. The van der Waals surface area contributed by atoms with E-state index in [0.29, 0.717) is 6.04 Å². The van der Waals surface area contributed by atoms with Gasteiger partial charge < -0.3 is 9.80 Å². The smallest absolute Gasteiger partial charge is 0.161 e. The number of hydrogen-bond acceptors (Lipinski definition) is 5. The number of rotatable bonds is 2. The molecule has 25 heavy (non-hydrogen) atoms. The van der Waals surface area contributed by atoms with E-state index in [2.05, 4.69) is 71.9 Å². The Hall–Kier alpha value is -1.86. The van der Waals surface area contributed by atoms with Crippen molar-refractivity contribution in [3.05, 3.63) is 39.7 Å². The van der Waals surface area contributed by atoms with Gasteiger partial charge in [-0.3, -0.25) is 5.10 Å². The van der Waals surface area contributed by atoms with E-state index in [1.54, 1.807) is 6.33 Å². The van der Waals surface area contributed by atoms with Crippen molar-refractivity contribution in [2.24, 2.45) is 0 Å². The Morgan fingerprint density at radius 1 is 1.28 bits per heavy atom. The molecular formula is C17H18BrClN6. The molecular weight excluding hydrogens is 404 g/mol. The largest absolute Gasteiger partial charge is 0.365 e. The van der Waals surface area contributed by atoms with Crippen LogP contribution in [0.25, 0.3) is 11.0 Å². The van der Waals surface area contributed by atoms with Crippen LogP contribution in [0.4, 0.5) is 11.5 Å². The molecule has 0 aliphatic carbocycles. The zero-order chi connectivity index (χ0) is 17.6. The number of anilines is 2. The number of hydrogen-bond donors (Lipinski definition) is 1. The van der Waals surface area contributed by atoms with E-state index in [0.717, 1.165) is 46.1 Å². The van der Waals surface area contributed by atoms with Crippen LogP contribution in [-0.4, -0.2) is 45.8 Å². The number of aryl methyl sites for hydroxylation is 1. The molecule has 2 aromatic heterocycles. The highest BCUT2D eigenvalue weighted by molar-refractivity contribution is 9.10. The van der Waals surface area contributed by atoms with E-state index in [4.69, 9.17) is 11.6 Å². The summed E-state index contributed by atoms with van der Waals surface area (Å²) in [5.74, 6) is 0.917. The molecule has 1 saturated heterocycles. The van der Waals surface area contributed by atoms with Gasteiger partial charge in [-0.05, 0) is 47.5 Å². The lowest BCUT2D eigenvalue weighted by Gasteiger charge is -2.42. The Kier molecular flexibility index (Phi) is 4.29. The molecule has 0 unspecified atom stereocenters. The van der Waals surface area contributed by atoms with Gasteiger partial charge in [-0.25, -0.2) is 9.97 Å². The number of nitrogens with one attached hydrogen (secondary N) is 1. The molecule has 130 valence electrons. The molecule has 1 N–H and O–H groups in total. The van der Waals surface area contributed by atoms with Gasteiger partial charge in [0.05, 0.1) is 5.39 Å². The molecule has 3 aromatic rings. The molecule has 1 aliphatic rings. The maximum Gasteiger partial charge on any atom is 0.161 e. The monoisotopic (exact) mass is 420 g/mol. The van der Waals surface area contributed by atoms with E-state index < -0.39 is 0 Å². The van der Waals surface area contributed by atoms with Gasteiger partial charge in [-0.15, -0.1) is 0 Å². The maximum atomic E-state index is 6.21. The highest BCUT2D eigenvalue weighted by Crippen LogP contribution is 2.32. The fourth-order valence-corrected chi connectivity index (χ4v) is 4.07. The van der Waals surface area contributed by atoms with Crippen molar-refractivity contribution in [1.82, 2.24) is 20.2 Å². The quantitative estimate of drug-likeness (QED) is 0.682. The normalized spacial score (nSPS) is 18.2. The number of halogens is 2. The van der Waals surface area contributed by atoms with E-state index in [1.807, 2.05) is 6.07 Å². The summed E-state index contributed by atoms with van der Waals surface area (Å²) < 4.78 is 0.749. The molecule has 1 aromatic carbocycles. The summed E-state index contributed by atoms with van der Waals surface area (Å²) in [4.78, 5) is 13.5. The first-order chi connectivity index (χ1) is 12.0. The van der Waals surface area contributed by atoms with Gasteiger partial charge >= 0.3 is 0 Å². The second-order valence-electron chi connectivity index (χ2n) is 6.35. The third kappa shape index (κ3) is 2.95. The van der Waals surface area contributed by atoms with Gasteiger partial charge in [0.25, 0.3) is 0 Å². The van der Waals surface area contributed by atoms with Crippen LogP contribution < -0.4 is 9.80 Å². The summed E-state index contributed by atoms with van der Waals surface area (Å²) in [5, 5.41) is 8.82. The van der Waals surface area contributed by atoms with Crippen LogP contribution in [0.1, 0.15) is 12.5 Å². The summed E-state index contributed by atoms with van der Waals surface area (Å²) >= 11 is 9.70. The Bertz CT molecular complexity index is 927. The number of benzene rings is 1. The van der Waals surface area contributed by atoms with Gasteiger partial charge in [0.15, 0.2) is 5.65 Å². The first-order valence-electron chi connectivity index (χ1n) is 8.17. The van der Waals surface area contributed by atoms with E-state index in [1.165, 1.54) is 11.3 Å². The molecule has 0 spiro atoms. The molecule has 1 atom stereocenters. The Morgan fingerprint density at radius 3 is 2.92 bits per heavy atom. The van der Waals surface area contributed by atoms with E-state index >= 15 is 0 Å². The molecule has 0 radical (unpaired) electrons. The Labute approximate surface area is 159 Å². The van der Waals surface area contributed by atoms with Crippen molar-refractivity contribution in [3.63, 3.8) is 0 Å². The summed E-state index contributed by atoms with van der Waals surface area (Å²) in [7, 11) is 0. The molecule has 1 fully saturated rings. The minimum Gasteiger partial charge on any atom is -0.365 e. The molecule has 0 bridgehead atoms. The SMILES string of the molecule is Cc1ccc(Cl)cc1N1CCN(c2ncnc3[nH]nc(Br)c23)C[C@@H]1C. The number of piperazine rings is 1. The molecule has 3 heterocycles. The minimum absolute atomic E-state index is 0.335. The first-order valence-corrected chi connectivity index (χ1v) is 9.34. The van der Waals surface area contributed by atoms with E-state index in [9.17, 15) is 0 Å². The van der Waals surface area contributed by atoms with Crippen LogP contribution in [0.15, 0.2) is 29.1 Å². The first kappa shape index (κ1) is 16.6. The fraction of sp³-hybridized carbons (Fsp3) is 0.353. The van der Waals surface area contributed by atoms with Crippen molar-refractivity contribution < 1.29 is 0 Å². The highest BCUT2D eigenvalue weighted by Gasteiger charge is 2.27. The molecule has 0 amide bonds. The lowest BCUT2D eigenvalue weighted by Crippen LogP contribution is -2.52. The summed E-state index contributed by atoms with van der Waals surface area (Å²) in [6, 6.07) is 6.41. The van der Waals surface area contributed by atoms with Gasteiger partial charge in [-0.2, -0.15) is 5.10 Å². The second kappa shape index (κ2) is 6.46. The van der Waals surface area contributed by atoms with Crippen LogP contribution >= 0.6 is 27.5 Å². The standard InChI is InChI=1S/C17H18BrClN6/c1-10-3-4-12(19)7-13(10)25-6-5-24(8-11(25)2)17-14-15(18)22-23-16(14)20-9-21-17/h3-4,7,9,11H,5-6,8H2,1-2H3,(H,20,21,22,23)/t11-/m0/s1. The van der Waals surface area contributed by atoms with E-state index in [-0.39, 0.29) is 0 Å². The highest BCUT2D eigenvalue weighted by atomic mass is 79.9. The third-order valence-corrected chi connectivity index (χ3v) is 5.51. The number of fused-ring (bicyclic) bond motifs is 1. The van der Waals surface area contributed by atoms with Gasteiger partial charge in [0.1, 0.15) is 16.7 Å². The van der Waals surface area contributed by atoms with Gasteiger partial charge in [0.2, 0.25) is 0 Å². The fourth-order valence-electron chi connectivity index (χ4n) is 3.45. The number of nitrogens with zero attached hydrogens (tertiary/aromatic N) is 5. The van der Waals surface area contributed by atoms with Gasteiger partial charge in [-0.1, -0.05) is 17.7 Å². The minimum atomic E-state index is 0.335. The molecule has 4 rings (SSSR count). The second-order valence-corrected chi connectivity index (χ2v) is 7.54. The predicted octanol–water partition coefficient (Wildman–Crippen LogP) is 3.79. The maximum absolute atomic E-state index is 6.21. The summed E-state index contributed by atoms with van der Waals surface area (Å²) in [6.45, 7) is 7.01.